The number of amides is 1. The lowest BCUT2D eigenvalue weighted by atomic mass is 10.3. The van der Waals surface area contributed by atoms with E-state index in [1.54, 1.807) is 19.0 Å². The lowest BCUT2D eigenvalue weighted by Gasteiger charge is -2.19. The van der Waals surface area contributed by atoms with Crippen molar-refractivity contribution in [2.75, 3.05) is 37.8 Å². The third kappa shape index (κ3) is 3.52. The normalized spacial score (nSPS) is 14.2. The van der Waals surface area contributed by atoms with Gasteiger partial charge < -0.3 is 9.80 Å². The van der Waals surface area contributed by atoms with Gasteiger partial charge in [0.05, 0.1) is 16.5 Å². The van der Waals surface area contributed by atoms with E-state index >= 15 is 0 Å². The number of benzene rings is 1. The summed E-state index contributed by atoms with van der Waals surface area (Å²) in [5, 5.41) is 10.0. The molecule has 8 heteroatoms. The summed E-state index contributed by atoms with van der Waals surface area (Å²) in [6.07, 6.45) is 2.30. The van der Waals surface area contributed by atoms with Crippen LogP contribution in [0.4, 0.5) is 5.95 Å². The van der Waals surface area contributed by atoms with Gasteiger partial charge in [0.2, 0.25) is 11.9 Å². The summed E-state index contributed by atoms with van der Waals surface area (Å²) in [4.78, 5) is 15.7. The predicted molar refractivity (Wildman–Crippen MR) is 97.2 cm³/mol. The minimum atomic E-state index is 0.0384. The maximum atomic E-state index is 11.9. The molecule has 0 bridgehead atoms. The number of carbonyl (C=O) groups excluding carboxylic acids is 1. The van der Waals surface area contributed by atoms with Gasteiger partial charge in [0.15, 0.2) is 5.16 Å². The Morgan fingerprint density at radius 1 is 1.25 bits per heavy atom. The summed E-state index contributed by atoms with van der Waals surface area (Å²) in [7, 11) is 3.49. The van der Waals surface area contributed by atoms with E-state index in [1.807, 2.05) is 28.8 Å². The highest BCUT2D eigenvalue weighted by atomic mass is 35.5. The second-order valence-corrected chi connectivity index (χ2v) is 7.19. The molecule has 2 heterocycles. The number of halogens is 1. The molecule has 1 aromatic carbocycles. The number of para-hydroxylation sites is 1. The molecule has 1 amide bonds. The Labute approximate surface area is 150 Å². The Bertz CT molecular complexity index is 727. The van der Waals surface area contributed by atoms with E-state index in [0.717, 1.165) is 37.6 Å². The van der Waals surface area contributed by atoms with E-state index in [9.17, 15) is 4.79 Å². The van der Waals surface area contributed by atoms with Crippen LogP contribution in [0.15, 0.2) is 29.4 Å². The molecule has 0 radical (unpaired) electrons. The van der Waals surface area contributed by atoms with Gasteiger partial charge in [-0.2, -0.15) is 0 Å². The number of carbonyl (C=O) groups is 1. The third-order valence-electron chi connectivity index (χ3n) is 3.92. The van der Waals surface area contributed by atoms with Crippen LogP contribution in [-0.2, 0) is 4.79 Å². The summed E-state index contributed by atoms with van der Waals surface area (Å²) in [6.45, 7) is 1.92. The van der Waals surface area contributed by atoms with Crippen molar-refractivity contribution < 1.29 is 4.79 Å². The van der Waals surface area contributed by atoms with Crippen molar-refractivity contribution >= 4 is 35.2 Å². The summed E-state index contributed by atoms with van der Waals surface area (Å²) in [5.41, 5.74) is 0.839. The molecular weight excluding hydrogens is 346 g/mol. The fourth-order valence-corrected chi connectivity index (χ4v) is 3.72. The molecule has 2 aromatic rings. The number of thioether (sulfide) groups is 1. The molecular formula is C16H20ClN5OS. The molecule has 0 N–H and O–H groups in total. The summed E-state index contributed by atoms with van der Waals surface area (Å²) in [5.74, 6) is 1.15. The van der Waals surface area contributed by atoms with E-state index in [0.29, 0.717) is 15.9 Å². The van der Waals surface area contributed by atoms with Crippen LogP contribution in [0.5, 0.6) is 0 Å². The molecule has 0 aliphatic carbocycles. The fraction of sp³-hybridized carbons (Fsp3) is 0.438. The van der Waals surface area contributed by atoms with Crippen molar-refractivity contribution in [2.45, 2.75) is 18.0 Å². The van der Waals surface area contributed by atoms with Crippen molar-refractivity contribution in [3.05, 3.63) is 29.3 Å². The van der Waals surface area contributed by atoms with Gasteiger partial charge in [-0.05, 0) is 25.0 Å². The van der Waals surface area contributed by atoms with Gasteiger partial charge in [-0.25, -0.2) is 0 Å². The highest BCUT2D eigenvalue weighted by Gasteiger charge is 2.24. The van der Waals surface area contributed by atoms with Crippen LogP contribution in [0.1, 0.15) is 12.8 Å². The van der Waals surface area contributed by atoms with Gasteiger partial charge in [-0.1, -0.05) is 35.5 Å². The Balaban J connectivity index is 1.97. The summed E-state index contributed by atoms with van der Waals surface area (Å²) >= 11 is 7.78. The van der Waals surface area contributed by atoms with E-state index in [1.165, 1.54) is 11.8 Å². The topological polar surface area (TPSA) is 54.3 Å². The molecule has 1 saturated heterocycles. The SMILES string of the molecule is CN(C)C(=O)CSc1nnc(N2CCCC2)n1-c1ccccc1Cl. The Morgan fingerprint density at radius 2 is 1.96 bits per heavy atom. The number of rotatable bonds is 5. The van der Waals surface area contributed by atoms with Crippen molar-refractivity contribution in [2.24, 2.45) is 0 Å². The molecule has 0 atom stereocenters. The summed E-state index contributed by atoms with van der Waals surface area (Å²) < 4.78 is 1.96. The van der Waals surface area contributed by atoms with Gasteiger partial charge in [0, 0.05) is 27.2 Å². The van der Waals surface area contributed by atoms with Gasteiger partial charge in [-0.15, -0.1) is 10.2 Å². The number of aromatic nitrogens is 3. The van der Waals surface area contributed by atoms with E-state index in [-0.39, 0.29) is 5.91 Å². The molecule has 3 rings (SSSR count). The molecule has 1 aromatic heterocycles. The largest absolute Gasteiger partial charge is 0.348 e. The van der Waals surface area contributed by atoms with E-state index < -0.39 is 0 Å². The van der Waals surface area contributed by atoms with Crippen LogP contribution in [-0.4, -0.2) is 58.5 Å². The lowest BCUT2D eigenvalue weighted by molar-refractivity contribution is -0.125. The number of hydrogen-bond acceptors (Lipinski definition) is 5. The Kier molecular flexibility index (Phi) is 5.30. The van der Waals surface area contributed by atoms with Crippen molar-refractivity contribution in [3.63, 3.8) is 0 Å². The molecule has 1 aliphatic heterocycles. The van der Waals surface area contributed by atoms with Gasteiger partial charge in [-0.3, -0.25) is 9.36 Å². The van der Waals surface area contributed by atoms with Gasteiger partial charge in [0.1, 0.15) is 0 Å². The standard InChI is InChI=1S/C16H20ClN5OS/c1-20(2)14(23)11-24-16-19-18-15(21-9-5-6-10-21)22(16)13-8-4-3-7-12(13)17/h3-4,7-8H,5-6,9-11H2,1-2H3. The van der Waals surface area contributed by atoms with Gasteiger partial charge in [0.25, 0.3) is 0 Å². The quantitative estimate of drug-likeness (QED) is 0.762. The molecule has 1 aliphatic rings. The number of nitrogens with zero attached hydrogens (tertiary/aromatic N) is 5. The van der Waals surface area contributed by atoms with E-state index in [2.05, 4.69) is 15.1 Å². The van der Waals surface area contributed by atoms with Crippen LogP contribution in [0, 0.1) is 0 Å². The Hall–Kier alpha value is -1.73. The highest BCUT2D eigenvalue weighted by Crippen LogP contribution is 2.31. The monoisotopic (exact) mass is 365 g/mol. The second-order valence-electron chi connectivity index (χ2n) is 5.84. The van der Waals surface area contributed by atoms with Crippen LogP contribution < -0.4 is 4.90 Å². The molecule has 0 unspecified atom stereocenters. The molecule has 128 valence electrons. The fourth-order valence-electron chi connectivity index (χ4n) is 2.58. The lowest BCUT2D eigenvalue weighted by Crippen LogP contribution is -2.24. The van der Waals surface area contributed by atoms with Crippen LogP contribution in [0.25, 0.3) is 5.69 Å². The van der Waals surface area contributed by atoms with Crippen molar-refractivity contribution in [3.8, 4) is 5.69 Å². The first-order valence-corrected chi connectivity index (χ1v) is 9.22. The van der Waals surface area contributed by atoms with Gasteiger partial charge >= 0.3 is 0 Å². The van der Waals surface area contributed by atoms with Crippen LogP contribution >= 0.6 is 23.4 Å². The number of anilines is 1. The summed E-state index contributed by atoms with van der Waals surface area (Å²) in [6, 6.07) is 7.63. The van der Waals surface area contributed by atoms with Crippen molar-refractivity contribution in [1.29, 1.82) is 0 Å². The van der Waals surface area contributed by atoms with Crippen LogP contribution in [0.2, 0.25) is 5.02 Å². The zero-order valence-corrected chi connectivity index (χ0v) is 15.3. The maximum absolute atomic E-state index is 11.9. The first kappa shape index (κ1) is 17.1. The number of hydrogen-bond donors (Lipinski definition) is 0. The first-order valence-electron chi connectivity index (χ1n) is 7.86. The molecule has 1 fully saturated rings. The minimum absolute atomic E-state index is 0.0384. The smallest absolute Gasteiger partial charge is 0.232 e. The Morgan fingerprint density at radius 3 is 2.62 bits per heavy atom. The van der Waals surface area contributed by atoms with Crippen LogP contribution in [0.3, 0.4) is 0 Å². The average Bonchev–Trinajstić information content (AvgIpc) is 3.22. The first-order chi connectivity index (χ1) is 11.6. The maximum Gasteiger partial charge on any atom is 0.232 e. The zero-order valence-electron chi connectivity index (χ0n) is 13.8. The zero-order chi connectivity index (χ0) is 17.1. The second kappa shape index (κ2) is 7.44. The highest BCUT2D eigenvalue weighted by molar-refractivity contribution is 7.99. The van der Waals surface area contributed by atoms with Crippen molar-refractivity contribution in [1.82, 2.24) is 19.7 Å². The third-order valence-corrected chi connectivity index (χ3v) is 5.16. The average molecular weight is 366 g/mol. The van der Waals surface area contributed by atoms with E-state index in [4.69, 9.17) is 11.6 Å². The predicted octanol–water partition coefficient (Wildman–Crippen LogP) is 2.70. The molecule has 6 nitrogen and oxygen atoms in total. The molecule has 24 heavy (non-hydrogen) atoms. The molecule has 0 spiro atoms. The minimum Gasteiger partial charge on any atom is -0.348 e. The molecule has 0 saturated carbocycles.